The second-order valence-corrected chi connectivity index (χ2v) is 4.45. The summed E-state index contributed by atoms with van der Waals surface area (Å²) in [5.74, 6) is -0.176. The van der Waals surface area contributed by atoms with Gasteiger partial charge in [0.2, 0.25) is 0 Å². The Morgan fingerprint density at radius 3 is 2.30 bits per heavy atom. The maximum Gasteiger partial charge on any atom is 0.333 e. The van der Waals surface area contributed by atoms with E-state index in [1.54, 1.807) is 0 Å². The van der Waals surface area contributed by atoms with E-state index in [0.29, 0.717) is 6.61 Å². The highest BCUT2D eigenvalue weighted by Crippen LogP contribution is 2.17. The predicted molar refractivity (Wildman–Crippen MR) is 84.4 cm³/mol. The number of aliphatic hydroxyl groups excluding tert-OH is 1. The van der Waals surface area contributed by atoms with E-state index in [4.69, 9.17) is 15.6 Å². The van der Waals surface area contributed by atoms with E-state index in [2.05, 4.69) is 13.2 Å². The fourth-order valence-corrected chi connectivity index (χ4v) is 1.55. The Balaban J connectivity index is 0. The van der Waals surface area contributed by atoms with Crippen LogP contribution in [0.1, 0.15) is 52.9 Å². The first-order valence-corrected chi connectivity index (χ1v) is 7.34. The van der Waals surface area contributed by atoms with Crippen molar-refractivity contribution in [2.24, 2.45) is 5.73 Å². The molecule has 20 heavy (non-hydrogen) atoms. The third-order valence-electron chi connectivity index (χ3n) is 2.93. The van der Waals surface area contributed by atoms with Gasteiger partial charge in [-0.15, -0.1) is 13.2 Å². The van der Waals surface area contributed by atoms with Gasteiger partial charge in [-0.3, -0.25) is 0 Å². The summed E-state index contributed by atoms with van der Waals surface area (Å²) < 4.78 is 4.87. The third kappa shape index (κ3) is 10.8. The van der Waals surface area contributed by atoms with Crippen LogP contribution in [-0.4, -0.2) is 29.8 Å². The minimum absolute atomic E-state index is 0.0648. The molecule has 1 aliphatic carbocycles. The minimum atomic E-state index is -0.176. The SMILES string of the molecule is C=C.CCC(O)CC.CCOC(=O)C1=CC[C@H](N)CC1. The first-order valence-electron chi connectivity index (χ1n) is 7.34. The number of esters is 1. The number of ether oxygens (including phenoxy) is 1. The van der Waals surface area contributed by atoms with Gasteiger partial charge in [0.15, 0.2) is 0 Å². The maximum atomic E-state index is 11.2. The molecule has 0 aromatic carbocycles. The summed E-state index contributed by atoms with van der Waals surface area (Å²) in [6, 6.07) is 0.225. The summed E-state index contributed by atoms with van der Waals surface area (Å²) in [5, 5.41) is 8.67. The van der Waals surface area contributed by atoms with Crippen LogP contribution in [0, 0.1) is 0 Å². The normalized spacial score (nSPS) is 17.1. The summed E-state index contributed by atoms with van der Waals surface area (Å²) in [5.41, 5.74) is 6.46. The van der Waals surface area contributed by atoms with Crippen LogP contribution in [0.4, 0.5) is 0 Å². The highest BCUT2D eigenvalue weighted by molar-refractivity contribution is 5.88. The summed E-state index contributed by atoms with van der Waals surface area (Å²) in [7, 11) is 0. The van der Waals surface area contributed by atoms with Crippen LogP contribution in [0.2, 0.25) is 0 Å². The van der Waals surface area contributed by atoms with E-state index in [9.17, 15) is 4.79 Å². The molecule has 0 bridgehead atoms. The van der Waals surface area contributed by atoms with Crippen LogP contribution in [0.15, 0.2) is 24.8 Å². The van der Waals surface area contributed by atoms with Gasteiger partial charge in [0.05, 0.1) is 12.7 Å². The largest absolute Gasteiger partial charge is 0.463 e. The molecule has 0 saturated heterocycles. The molecule has 1 aliphatic rings. The summed E-state index contributed by atoms with van der Waals surface area (Å²) in [6.07, 6.45) is 6.06. The lowest BCUT2D eigenvalue weighted by Gasteiger charge is -2.16. The molecule has 0 saturated carbocycles. The number of nitrogens with two attached hydrogens (primary N) is 1. The molecule has 4 heteroatoms. The Morgan fingerprint density at radius 1 is 1.45 bits per heavy atom. The number of rotatable bonds is 4. The van der Waals surface area contributed by atoms with Crippen LogP contribution in [0.3, 0.4) is 0 Å². The number of carbonyl (C=O) groups excluding carboxylic acids is 1. The van der Waals surface area contributed by atoms with Crippen LogP contribution >= 0.6 is 0 Å². The van der Waals surface area contributed by atoms with Gasteiger partial charge in [-0.2, -0.15) is 0 Å². The standard InChI is InChI=1S/C9H15NO2.C5H12O.C2H4/c1-2-12-9(11)7-3-5-8(10)6-4-7;1-3-5(6)4-2;1-2/h3,8H,2,4-6,10H2,1H3;5-6H,3-4H2,1-2H3;1-2H2/t8-;;/m0../s1. The van der Waals surface area contributed by atoms with Gasteiger partial charge < -0.3 is 15.6 Å². The van der Waals surface area contributed by atoms with E-state index in [1.807, 2.05) is 26.8 Å². The zero-order chi connectivity index (χ0) is 16.0. The van der Waals surface area contributed by atoms with Gasteiger partial charge in [-0.25, -0.2) is 4.79 Å². The molecule has 0 amide bonds. The van der Waals surface area contributed by atoms with Gasteiger partial charge in [-0.1, -0.05) is 19.9 Å². The summed E-state index contributed by atoms with van der Waals surface area (Å²) >= 11 is 0. The van der Waals surface area contributed by atoms with E-state index < -0.39 is 0 Å². The molecular formula is C16H31NO3. The number of carbonyl (C=O) groups is 1. The monoisotopic (exact) mass is 285 g/mol. The Labute approximate surface area is 123 Å². The Bertz CT molecular complexity index is 273. The van der Waals surface area contributed by atoms with E-state index in [-0.39, 0.29) is 18.1 Å². The second-order valence-electron chi connectivity index (χ2n) is 4.45. The van der Waals surface area contributed by atoms with Gasteiger partial charge in [0, 0.05) is 11.6 Å². The molecule has 1 atom stereocenters. The van der Waals surface area contributed by atoms with Crippen molar-refractivity contribution < 1.29 is 14.6 Å². The van der Waals surface area contributed by atoms with Crippen molar-refractivity contribution >= 4 is 5.97 Å². The molecule has 0 unspecified atom stereocenters. The Kier molecular flexibility index (Phi) is 15.1. The van der Waals surface area contributed by atoms with Crippen molar-refractivity contribution in [3.63, 3.8) is 0 Å². The zero-order valence-corrected chi connectivity index (χ0v) is 13.2. The molecule has 0 radical (unpaired) electrons. The van der Waals surface area contributed by atoms with Crippen LogP contribution in [-0.2, 0) is 9.53 Å². The summed E-state index contributed by atoms with van der Waals surface area (Å²) in [6.45, 7) is 12.2. The lowest BCUT2D eigenvalue weighted by Crippen LogP contribution is -2.24. The van der Waals surface area contributed by atoms with Gasteiger partial charge in [-0.05, 0) is 39.0 Å². The molecular weight excluding hydrogens is 254 g/mol. The minimum Gasteiger partial charge on any atom is -0.463 e. The Hall–Kier alpha value is -1.13. The van der Waals surface area contributed by atoms with Crippen molar-refractivity contribution in [2.45, 2.75) is 65.0 Å². The van der Waals surface area contributed by atoms with E-state index >= 15 is 0 Å². The first-order chi connectivity index (χ1) is 9.54. The van der Waals surface area contributed by atoms with Crippen LogP contribution < -0.4 is 5.73 Å². The maximum absolute atomic E-state index is 11.2. The fourth-order valence-electron chi connectivity index (χ4n) is 1.55. The molecule has 0 aromatic heterocycles. The molecule has 1 rings (SSSR count). The molecule has 0 aromatic rings. The van der Waals surface area contributed by atoms with E-state index in [1.165, 1.54) is 0 Å². The van der Waals surface area contributed by atoms with Crippen molar-refractivity contribution in [1.29, 1.82) is 0 Å². The van der Waals surface area contributed by atoms with Crippen LogP contribution in [0.5, 0.6) is 0 Å². The molecule has 0 aliphatic heterocycles. The highest BCUT2D eigenvalue weighted by atomic mass is 16.5. The van der Waals surface area contributed by atoms with Crippen molar-refractivity contribution in [1.82, 2.24) is 0 Å². The van der Waals surface area contributed by atoms with Crippen molar-refractivity contribution in [2.75, 3.05) is 6.61 Å². The lowest BCUT2D eigenvalue weighted by molar-refractivity contribution is -0.138. The third-order valence-corrected chi connectivity index (χ3v) is 2.93. The van der Waals surface area contributed by atoms with Crippen molar-refractivity contribution in [3.8, 4) is 0 Å². The quantitative estimate of drug-likeness (QED) is 0.615. The molecule has 0 spiro atoms. The smallest absolute Gasteiger partial charge is 0.333 e. The predicted octanol–water partition coefficient (Wildman–Crippen LogP) is 2.96. The number of aliphatic hydroxyl groups is 1. The zero-order valence-electron chi connectivity index (χ0n) is 13.2. The van der Waals surface area contributed by atoms with Gasteiger partial charge in [0.1, 0.15) is 0 Å². The second kappa shape index (κ2) is 14.3. The Morgan fingerprint density at radius 2 is 2.00 bits per heavy atom. The highest BCUT2D eigenvalue weighted by Gasteiger charge is 2.16. The number of hydrogen-bond acceptors (Lipinski definition) is 4. The average molecular weight is 285 g/mol. The molecule has 4 nitrogen and oxygen atoms in total. The first kappa shape index (κ1) is 21.2. The number of hydrogen-bond donors (Lipinski definition) is 2. The van der Waals surface area contributed by atoms with Gasteiger partial charge >= 0.3 is 5.97 Å². The summed E-state index contributed by atoms with van der Waals surface area (Å²) in [4.78, 5) is 11.2. The topological polar surface area (TPSA) is 72.5 Å². The molecule has 0 fully saturated rings. The van der Waals surface area contributed by atoms with Crippen molar-refractivity contribution in [3.05, 3.63) is 24.8 Å². The van der Waals surface area contributed by atoms with E-state index in [0.717, 1.165) is 37.7 Å². The van der Waals surface area contributed by atoms with Gasteiger partial charge in [0.25, 0.3) is 0 Å². The molecule has 118 valence electrons. The average Bonchev–Trinajstić information content (AvgIpc) is 2.50. The molecule has 3 N–H and O–H groups in total. The fraction of sp³-hybridized carbons (Fsp3) is 0.688. The van der Waals surface area contributed by atoms with Crippen LogP contribution in [0.25, 0.3) is 0 Å². The lowest BCUT2D eigenvalue weighted by atomic mass is 9.96. The molecule has 0 heterocycles.